The van der Waals surface area contributed by atoms with Crippen LogP contribution in [0.25, 0.3) is 0 Å². The van der Waals surface area contributed by atoms with Crippen LogP contribution in [-0.2, 0) is 11.3 Å². The molecule has 0 aliphatic heterocycles. The number of rotatable bonds is 3. The molecule has 1 aromatic heterocycles. The third-order valence-corrected chi connectivity index (χ3v) is 3.02. The summed E-state index contributed by atoms with van der Waals surface area (Å²) in [5.41, 5.74) is 3.66. The van der Waals surface area contributed by atoms with Gasteiger partial charge in [-0.05, 0) is 38.0 Å². The molecule has 20 heavy (non-hydrogen) atoms. The fourth-order valence-corrected chi connectivity index (χ4v) is 2.20. The molecule has 0 saturated carbocycles. The fraction of sp³-hybridized carbons (Fsp3) is 0.267. The molecule has 2 aromatic rings. The minimum atomic E-state index is -0.292. The molecular weight excluding hydrogens is 254 g/mol. The zero-order valence-electron chi connectivity index (χ0n) is 11.8. The maximum absolute atomic E-state index is 12.0. The van der Waals surface area contributed by atoms with Crippen molar-refractivity contribution >= 4 is 11.6 Å². The van der Waals surface area contributed by atoms with Gasteiger partial charge in [-0.2, -0.15) is 5.10 Å². The van der Waals surface area contributed by atoms with Gasteiger partial charge in [0.25, 0.3) is 5.56 Å². The molecule has 0 unspecified atom stereocenters. The van der Waals surface area contributed by atoms with Gasteiger partial charge in [0.2, 0.25) is 5.91 Å². The fourth-order valence-electron chi connectivity index (χ4n) is 2.20. The molecule has 104 valence electrons. The molecule has 5 heteroatoms. The average Bonchev–Trinajstić information content (AvgIpc) is 2.36. The predicted octanol–water partition coefficient (Wildman–Crippen LogP) is 1.81. The molecule has 1 heterocycles. The number of hydrogen-bond donors (Lipinski definition) is 1. The lowest BCUT2D eigenvalue weighted by atomic mass is 10.1. The highest BCUT2D eigenvalue weighted by Crippen LogP contribution is 2.21. The Bertz CT molecular complexity index is 681. The first-order valence-electron chi connectivity index (χ1n) is 6.37. The van der Waals surface area contributed by atoms with Gasteiger partial charge in [-0.1, -0.05) is 17.7 Å². The van der Waals surface area contributed by atoms with E-state index in [9.17, 15) is 9.59 Å². The van der Waals surface area contributed by atoms with Crippen LogP contribution in [0.15, 0.2) is 35.3 Å². The Balaban J connectivity index is 2.17. The van der Waals surface area contributed by atoms with Crippen molar-refractivity contribution in [1.82, 2.24) is 9.78 Å². The van der Waals surface area contributed by atoms with E-state index in [0.717, 1.165) is 27.1 Å². The molecule has 2 rings (SSSR count). The summed E-state index contributed by atoms with van der Waals surface area (Å²) in [6.07, 6.45) is 1.48. The molecule has 0 spiro atoms. The molecule has 5 nitrogen and oxygen atoms in total. The molecule has 0 aliphatic carbocycles. The van der Waals surface area contributed by atoms with E-state index in [1.807, 2.05) is 32.9 Å². The number of nitrogens with one attached hydrogen (secondary N) is 1. The molecular formula is C15H17N3O2. The number of benzene rings is 1. The second kappa shape index (κ2) is 5.69. The number of nitrogens with zero attached hydrogens (tertiary/aromatic N) is 2. The van der Waals surface area contributed by atoms with Crippen molar-refractivity contribution in [3.63, 3.8) is 0 Å². The largest absolute Gasteiger partial charge is 0.324 e. The van der Waals surface area contributed by atoms with Crippen LogP contribution >= 0.6 is 0 Å². The summed E-state index contributed by atoms with van der Waals surface area (Å²) in [4.78, 5) is 23.5. The van der Waals surface area contributed by atoms with Gasteiger partial charge >= 0.3 is 0 Å². The van der Waals surface area contributed by atoms with Crippen molar-refractivity contribution in [3.05, 3.63) is 57.5 Å². The summed E-state index contributed by atoms with van der Waals surface area (Å²) < 4.78 is 1.13. The first-order chi connectivity index (χ1) is 9.47. The number of anilines is 1. The summed E-state index contributed by atoms with van der Waals surface area (Å²) in [6, 6.07) is 6.94. The number of aromatic nitrogens is 2. The minimum absolute atomic E-state index is 0.0908. The maximum Gasteiger partial charge on any atom is 0.267 e. The van der Waals surface area contributed by atoms with Gasteiger partial charge in [0.15, 0.2) is 0 Å². The van der Waals surface area contributed by atoms with Crippen LogP contribution < -0.4 is 10.9 Å². The summed E-state index contributed by atoms with van der Waals surface area (Å²) in [5.74, 6) is -0.263. The Morgan fingerprint density at radius 2 is 1.90 bits per heavy atom. The maximum atomic E-state index is 12.0. The van der Waals surface area contributed by atoms with E-state index >= 15 is 0 Å². The van der Waals surface area contributed by atoms with E-state index in [0.29, 0.717) is 0 Å². The molecule has 0 aliphatic rings. The summed E-state index contributed by atoms with van der Waals surface area (Å²) >= 11 is 0. The third-order valence-electron chi connectivity index (χ3n) is 3.02. The summed E-state index contributed by atoms with van der Waals surface area (Å²) in [7, 11) is 0. The van der Waals surface area contributed by atoms with Crippen LogP contribution in [0.2, 0.25) is 0 Å². The SMILES string of the molecule is Cc1cc(C)c(NC(=O)Cn2ncccc2=O)c(C)c1. The van der Waals surface area contributed by atoms with Crippen molar-refractivity contribution in [2.24, 2.45) is 0 Å². The van der Waals surface area contributed by atoms with Gasteiger partial charge in [-0.3, -0.25) is 9.59 Å². The highest BCUT2D eigenvalue weighted by Gasteiger charge is 2.09. The van der Waals surface area contributed by atoms with E-state index in [-0.39, 0.29) is 18.0 Å². The number of aryl methyl sites for hydroxylation is 3. The zero-order valence-corrected chi connectivity index (χ0v) is 11.8. The average molecular weight is 271 g/mol. The van der Waals surface area contributed by atoms with Crippen LogP contribution in [0, 0.1) is 20.8 Å². The van der Waals surface area contributed by atoms with Crippen molar-refractivity contribution in [3.8, 4) is 0 Å². The lowest BCUT2D eigenvalue weighted by Gasteiger charge is -2.13. The molecule has 1 N–H and O–H groups in total. The standard InChI is InChI=1S/C15H17N3O2/c1-10-7-11(2)15(12(3)8-10)17-13(19)9-18-14(20)5-4-6-16-18/h4-8H,9H2,1-3H3,(H,17,19). The van der Waals surface area contributed by atoms with Crippen molar-refractivity contribution in [1.29, 1.82) is 0 Å². The first kappa shape index (κ1) is 14.0. The van der Waals surface area contributed by atoms with Gasteiger partial charge in [0.05, 0.1) is 0 Å². The highest BCUT2D eigenvalue weighted by atomic mass is 16.2. The number of carbonyl (C=O) groups is 1. The van der Waals surface area contributed by atoms with Crippen molar-refractivity contribution < 1.29 is 4.79 Å². The van der Waals surface area contributed by atoms with Gasteiger partial charge in [-0.25, -0.2) is 4.68 Å². The van der Waals surface area contributed by atoms with Gasteiger partial charge in [-0.15, -0.1) is 0 Å². The Hall–Kier alpha value is -2.43. The Morgan fingerprint density at radius 3 is 2.50 bits per heavy atom. The molecule has 0 fully saturated rings. The molecule has 1 aromatic carbocycles. The lowest BCUT2D eigenvalue weighted by Crippen LogP contribution is -2.29. The Morgan fingerprint density at radius 1 is 1.25 bits per heavy atom. The smallest absolute Gasteiger partial charge is 0.267 e. The minimum Gasteiger partial charge on any atom is -0.324 e. The number of carbonyl (C=O) groups excluding carboxylic acids is 1. The van der Waals surface area contributed by atoms with E-state index < -0.39 is 0 Å². The van der Waals surface area contributed by atoms with Crippen LogP contribution in [0.3, 0.4) is 0 Å². The molecule has 0 atom stereocenters. The molecule has 0 bridgehead atoms. The van der Waals surface area contributed by atoms with Crippen molar-refractivity contribution in [2.45, 2.75) is 27.3 Å². The third kappa shape index (κ3) is 3.12. The molecule has 1 amide bonds. The van der Waals surface area contributed by atoms with Gasteiger partial charge in [0, 0.05) is 18.0 Å². The van der Waals surface area contributed by atoms with Gasteiger partial charge in [0.1, 0.15) is 6.54 Å². The van der Waals surface area contributed by atoms with Gasteiger partial charge < -0.3 is 5.32 Å². The second-order valence-corrected chi connectivity index (χ2v) is 4.84. The Labute approximate surface area is 117 Å². The van der Waals surface area contributed by atoms with Crippen LogP contribution in [0.5, 0.6) is 0 Å². The summed E-state index contributed by atoms with van der Waals surface area (Å²) in [6.45, 7) is 5.82. The van der Waals surface area contributed by atoms with E-state index in [4.69, 9.17) is 0 Å². The predicted molar refractivity (Wildman–Crippen MR) is 77.8 cm³/mol. The zero-order chi connectivity index (χ0) is 14.7. The Kier molecular flexibility index (Phi) is 3.98. The topological polar surface area (TPSA) is 64.0 Å². The number of amides is 1. The van der Waals surface area contributed by atoms with E-state index in [2.05, 4.69) is 10.4 Å². The normalized spacial score (nSPS) is 10.3. The molecule has 0 radical (unpaired) electrons. The van der Waals surface area contributed by atoms with E-state index in [1.54, 1.807) is 6.07 Å². The monoisotopic (exact) mass is 271 g/mol. The van der Waals surface area contributed by atoms with E-state index in [1.165, 1.54) is 12.3 Å². The summed E-state index contributed by atoms with van der Waals surface area (Å²) in [5, 5.41) is 6.70. The first-order valence-corrected chi connectivity index (χ1v) is 6.37. The van der Waals surface area contributed by atoms with Crippen LogP contribution in [-0.4, -0.2) is 15.7 Å². The highest BCUT2D eigenvalue weighted by molar-refractivity contribution is 5.92. The lowest BCUT2D eigenvalue weighted by molar-refractivity contribution is -0.117. The second-order valence-electron chi connectivity index (χ2n) is 4.84. The van der Waals surface area contributed by atoms with Crippen molar-refractivity contribution in [2.75, 3.05) is 5.32 Å². The number of hydrogen-bond acceptors (Lipinski definition) is 3. The van der Waals surface area contributed by atoms with Crippen LogP contribution in [0.4, 0.5) is 5.69 Å². The van der Waals surface area contributed by atoms with Crippen LogP contribution in [0.1, 0.15) is 16.7 Å². The quantitative estimate of drug-likeness (QED) is 0.926. The molecule has 0 saturated heterocycles.